The van der Waals surface area contributed by atoms with E-state index in [2.05, 4.69) is 25.2 Å². The molecule has 1 aromatic heterocycles. The van der Waals surface area contributed by atoms with E-state index in [1.165, 1.54) is 30.8 Å². The topological polar surface area (TPSA) is 79.3 Å². The lowest BCUT2D eigenvalue weighted by Gasteiger charge is -2.23. The number of aromatic nitrogens is 2. The van der Waals surface area contributed by atoms with E-state index < -0.39 is 0 Å². The smallest absolute Gasteiger partial charge is 0.276 e. The minimum absolute atomic E-state index is 0.161. The molecule has 1 aromatic carbocycles. The largest absolute Gasteiger partial charge is 0.353 e. The lowest BCUT2D eigenvalue weighted by atomic mass is 9.96. The van der Waals surface area contributed by atoms with Crippen LogP contribution in [0.25, 0.3) is 16.3 Å². The average molecular weight is 327 g/mol. The fraction of sp³-hybridized carbons (Fsp3) is 0.375. The van der Waals surface area contributed by atoms with E-state index in [0.29, 0.717) is 17.7 Å². The summed E-state index contributed by atoms with van der Waals surface area (Å²) in [6.07, 6.45) is 7.86. The summed E-state index contributed by atoms with van der Waals surface area (Å²) in [5, 5.41) is 10.2. The van der Waals surface area contributed by atoms with Crippen LogP contribution in [0.2, 0.25) is 0 Å². The molecule has 1 aliphatic heterocycles. The lowest BCUT2D eigenvalue weighted by molar-refractivity contribution is -0.115. The highest BCUT2D eigenvalue weighted by atomic mass is 32.1. The third-order valence-electron chi connectivity index (χ3n) is 4.22. The highest BCUT2D eigenvalue weighted by molar-refractivity contribution is 7.12. The van der Waals surface area contributed by atoms with Gasteiger partial charge in [-0.3, -0.25) is 10.1 Å². The van der Waals surface area contributed by atoms with E-state index in [4.69, 9.17) is 0 Å². The van der Waals surface area contributed by atoms with Gasteiger partial charge in [0.15, 0.2) is 0 Å². The summed E-state index contributed by atoms with van der Waals surface area (Å²) in [6, 6.07) is 6.22. The summed E-state index contributed by atoms with van der Waals surface area (Å²) in [6.45, 7) is 0. The molecule has 0 atom stereocenters. The first-order valence-corrected chi connectivity index (χ1v) is 8.66. The van der Waals surface area contributed by atoms with Crippen LogP contribution in [0.15, 0.2) is 28.9 Å². The molecule has 0 saturated heterocycles. The van der Waals surface area contributed by atoms with Crippen molar-refractivity contribution in [3.8, 4) is 0 Å². The number of nitrogens with zero attached hydrogens (tertiary/aromatic N) is 3. The van der Waals surface area contributed by atoms with E-state index in [1.54, 1.807) is 6.08 Å². The quantitative estimate of drug-likeness (QED) is 0.830. The van der Waals surface area contributed by atoms with Crippen molar-refractivity contribution in [2.75, 3.05) is 0 Å². The molecule has 2 aromatic rings. The van der Waals surface area contributed by atoms with Crippen molar-refractivity contribution in [3.63, 3.8) is 0 Å². The van der Waals surface area contributed by atoms with E-state index in [0.717, 1.165) is 28.6 Å². The number of amides is 1. The predicted molar refractivity (Wildman–Crippen MR) is 91.0 cm³/mol. The molecule has 2 heterocycles. The molecular formula is C16H17N5OS. The number of fused-ring (bicyclic) bond motifs is 1. The average Bonchev–Trinajstić information content (AvgIpc) is 3.15. The molecule has 118 valence electrons. The van der Waals surface area contributed by atoms with E-state index in [-0.39, 0.29) is 5.91 Å². The van der Waals surface area contributed by atoms with Crippen LogP contribution < -0.4 is 10.6 Å². The summed E-state index contributed by atoms with van der Waals surface area (Å²) in [4.78, 5) is 16.5. The van der Waals surface area contributed by atoms with E-state index >= 15 is 0 Å². The van der Waals surface area contributed by atoms with Gasteiger partial charge in [0, 0.05) is 6.04 Å². The summed E-state index contributed by atoms with van der Waals surface area (Å²) in [7, 11) is 0. The van der Waals surface area contributed by atoms with Gasteiger partial charge in [-0.15, -0.1) is 5.10 Å². The molecule has 0 spiro atoms. The Balaban J connectivity index is 1.53. The van der Waals surface area contributed by atoms with Crippen LogP contribution in [0.5, 0.6) is 0 Å². The fourth-order valence-corrected chi connectivity index (χ4v) is 3.63. The Kier molecular flexibility index (Phi) is 3.78. The maximum atomic E-state index is 12.1. The number of nitrogens with one attached hydrogen (secondary N) is 2. The van der Waals surface area contributed by atoms with Crippen LogP contribution >= 0.6 is 11.5 Å². The van der Waals surface area contributed by atoms with Gasteiger partial charge in [-0.1, -0.05) is 29.8 Å². The molecule has 0 radical (unpaired) electrons. The Bertz CT molecular complexity index is 804. The fourth-order valence-electron chi connectivity index (χ4n) is 3.02. The number of guanidine groups is 1. The van der Waals surface area contributed by atoms with Crippen LogP contribution in [-0.4, -0.2) is 27.5 Å². The summed E-state index contributed by atoms with van der Waals surface area (Å²) < 4.78 is 4.92. The van der Waals surface area contributed by atoms with Gasteiger partial charge in [0.2, 0.25) is 5.96 Å². The van der Waals surface area contributed by atoms with Gasteiger partial charge in [0.1, 0.15) is 11.2 Å². The zero-order chi connectivity index (χ0) is 15.6. The minimum atomic E-state index is -0.161. The van der Waals surface area contributed by atoms with Gasteiger partial charge in [-0.05, 0) is 48.1 Å². The molecule has 23 heavy (non-hydrogen) atoms. The van der Waals surface area contributed by atoms with Gasteiger partial charge >= 0.3 is 0 Å². The van der Waals surface area contributed by atoms with Crippen molar-refractivity contribution < 1.29 is 4.79 Å². The summed E-state index contributed by atoms with van der Waals surface area (Å²) >= 11 is 1.34. The van der Waals surface area contributed by atoms with Crippen molar-refractivity contribution in [3.05, 3.63) is 29.5 Å². The Morgan fingerprint density at radius 2 is 2.13 bits per heavy atom. The van der Waals surface area contributed by atoms with Crippen LogP contribution in [0.4, 0.5) is 0 Å². The number of hydrogen-bond acceptors (Lipinski definition) is 6. The van der Waals surface area contributed by atoms with Crippen molar-refractivity contribution in [1.29, 1.82) is 0 Å². The minimum Gasteiger partial charge on any atom is -0.353 e. The molecule has 1 saturated carbocycles. The Hall–Kier alpha value is -2.28. The first kappa shape index (κ1) is 14.3. The van der Waals surface area contributed by atoms with Gasteiger partial charge in [0.05, 0.1) is 4.70 Å². The van der Waals surface area contributed by atoms with Crippen molar-refractivity contribution in [1.82, 2.24) is 20.2 Å². The number of carbonyl (C=O) groups is 1. The summed E-state index contributed by atoms with van der Waals surface area (Å²) in [5.74, 6) is 0.416. The monoisotopic (exact) mass is 327 g/mol. The second-order valence-corrected chi connectivity index (χ2v) is 6.71. The van der Waals surface area contributed by atoms with Gasteiger partial charge in [0.25, 0.3) is 5.91 Å². The molecule has 2 aliphatic rings. The highest BCUT2D eigenvalue weighted by Gasteiger charge is 2.23. The molecule has 4 rings (SSSR count). The summed E-state index contributed by atoms with van der Waals surface area (Å²) in [5.41, 5.74) is 2.23. The Labute approximate surface area is 137 Å². The number of hydrogen-bond donors (Lipinski definition) is 2. The predicted octanol–water partition coefficient (Wildman–Crippen LogP) is 2.44. The van der Waals surface area contributed by atoms with Crippen molar-refractivity contribution in [2.45, 2.75) is 38.1 Å². The third kappa shape index (κ3) is 3.10. The van der Waals surface area contributed by atoms with Crippen LogP contribution in [-0.2, 0) is 4.79 Å². The number of benzene rings is 1. The molecule has 7 heteroatoms. The zero-order valence-corrected chi connectivity index (χ0v) is 13.4. The molecule has 6 nitrogen and oxygen atoms in total. The first-order chi connectivity index (χ1) is 11.3. The van der Waals surface area contributed by atoms with Gasteiger partial charge in [-0.2, -0.15) is 0 Å². The highest BCUT2D eigenvalue weighted by Crippen LogP contribution is 2.21. The van der Waals surface area contributed by atoms with Gasteiger partial charge in [-0.25, -0.2) is 4.99 Å². The van der Waals surface area contributed by atoms with Crippen LogP contribution in [0.3, 0.4) is 0 Å². The Morgan fingerprint density at radius 1 is 1.26 bits per heavy atom. The second kappa shape index (κ2) is 6.08. The number of aliphatic imine (C=N–C) groups is 1. The van der Waals surface area contributed by atoms with Crippen LogP contribution in [0, 0.1) is 0 Å². The van der Waals surface area contributed by atoms with E-state index in [9.17, 15) is 4.79 Å². The number of carbonyl (C=O) groups excluding carboxylic acids is 1. The van der Waals surface area contributed by atoms with Crippen molar-refractivity contribution >= 4 is 39.7 Å². The maximum absolute atomic E-state index is 12.1. The maximum Gasteiger partial charge on any atom is 0.276 e. The second-order valence-electron chi connectivity index (χ2n) is 5.92. The first-order valence-electron chi connectivity index (χ1n) is 7.88. The van der Waals surface area contributed by atoms with Crippen molar-refractivity contribution in [2.24, 2.45) is 4.99 Å². The molecule has 1 aliphatic carbocycles. The molecule has 1 fully saturated rings. The van der Waals surface area contributed by atoms with Crippen LogP contribution in [0.1, 0.15) is 37.7 Å². The molecular weight excluding hydrogens is 310 g/mol. The van der Waals surface area contributed by atoms with Gasteiger partial charge < -0.3 is 5.32 Å². The molecule has 1 amide bonds. The lowest BCUT2D eigenvalue weighted by Crippen LogP contribution is -2.43. The third-order valence-corrected chi connectivity index (χ3v) is 4.90. The normalized spacial score (nSPS) is 20.8. The molecule has 0 unspecified atom stereocenters. The van der Waals surface area contributed by atoms with E-state index in [1.807, 2.05) is 18.2 Å². The SMILES string of the molecule is O=C1NC(NC2CCCCC2)=N/C1=C\c1ccc2nnsc2c1. The number of rotatable bonds is 2. The molecule has 0 bridgehead atoms. The standard InChI is InChI=1S/C16H17N5OS/c22-15-13(8-10-6-7-12-14(9-10)23-21-20-12)18-16(19-15)17-11-4-2-1-3-5-11/h6-9,11H,1-5H2,(H2,17,18,19,22)/b13-8-. The Morgan fingerprint density at radius 3 is 3.00 bits per heavy atom. The molecule has 2 N–H and O–H groups in total. The zero-order valence-electron chi connectivity index (χ0n) is 12.6.